The number of hydrogen-bond acceptors (Lipinski definition) is 0. The predicted octanol–water partition coefficient (Wildman–Crippen LogP) is 11.6. The first-order valence-corrected chi connectivity index (χ1v) is 14.5. The van der Waals surface area contributed by atoms with Gasteiger partial charge in [-0.15, -0.1) is 6.58 Å². The molecule has 0 heteroatoms. The van der Waals surface area contributed by atoms with Gasteiger partial charge in [-0.25, -0.2) is 0 Å². The van der Waals surface area contributed by atoms with Crippen molar-refractivity contribution in [3.63, 3.8) is 0 Å². The van der Waals surface area contributed by atoms with Gasteiger partial charge < -0.3 is 0 Å². The lowest BCUT2D eigenvalue weighted by molar-refractivity contribution is 0.365. The van der Waals surface area contributed by atoms with E-state index >= 15 is 0 Å². The molecule has 180 valence electrons. The fourth-order valence-electron chi connectivity index (χ4n) is 4.82. The monoisotopic (exact) mass is 420 g/mol. The third kappa shape index (κ3) is 24.0. The van der Waals surface area contributed by atoms with Crippen molar-refractivity contribution in [1.29, 1.82) is 0 Å². The van der Waals surface area contributed by atoms with Gasteiger partial charge in [-0.1, -0.05) is 168 Å². The summed E-state index contributed by atoms with van der Waals surface area (Å²) in [5, 5.41) is 0. The summed E-state index contributed by atoms with van der Waals surface area (Å²) in [4.78, 5) is 0. The van der Waals surface area contributed by atoms with Crippen molar-refractivity contribution in [1.82, 2.24) is 0 Å². The van der Waals surface area contributed by atoms with Crippen molar-refractivity contribution < 1.29 is 0 Å². The van der Waals surface area contributed by atoms with Crippen molar-refractivity contribution in [2.24, 2.45) is 5.92 Å². The zero-order valence-corrected chi connectivity index (χ0v) is 21.5. The average molecular weight is 421 g/mol. The summed E-state index contributed by atoms with van der Waals surface area (Å²) in [5.41, 5.74) is 0. The maximum atomic E-state index is 3.83. The second-order valence-electron chi connectivity index (χ2n) is 10.0. The molecule has 1 atom stereocenters. The van der Waals surface area contributed by atoms with E-state index in [1.54, 1.807) is 0 Å². The summed E-state index contributed by atoms with van der Waals surface area (Å²) in [5.74, 6) is 1.03. The highest BCUT2D eigenvalue weighted by Crippen LogP contribution is 2.25. The van der Waals surface area contributed by atoms with Crippen LogP contribution < -0.4 is 0 Å². The standard InChI is InChI=1S/C30H60/c1-4-7-10-13-16-18-20-23-26-29-30(27-24-21-15-12-9-6-3)28-25-22-19-17-14-11-8-5-2/h5,30H,2,4,6-29H2,1,3H3. The fourth-order valence-corrected chi connectivity index (χ4v) is 4.82. The van der Waals surface area contributed by atoms with Crippen LogP contribution in [0.25, 0.3) is 0 Å². The highest BCUT2D eigenvalue weighted by Gasteiger charge is 2.08. The van der Waals surface area contributed by atoms with E-state index in [2.05, 4.69) is 26.5 Å². The van der Waals surface area contributed by atoms with E-state index in [1.165, 1.54) is 161 Å². The van der Waals surface area contributed by atoms with Gasteiger partial charge in [0.15, 0.2) is 0 Å². The molecule has 0 saturated heterocycles. The van der Waals surface area contributed by atoms with Crippen LogP contribution in [0, 0.1) is 5.92 Å². The van der Waals surface area contributed by atoms with Crippen LogP contribution in [0.5, 0.6) is 0 Å². The van der Waals surface area contributed by atoms with Crippen LogP contribution in [-0.2, 0) is 0 Å². The summed E-state index contributed by atoms with van der Waals surface area (Å²) in [6.07, 6.45) is 38.3. The summed E-state index contributed by atoms with van der Waals surface area (Å²) in [6, 6.07) is 0. The van der Waals surface area contributed by atoms with Crippen LogP contribution in [0.2, 0.25) is 0 Å². The fraction of sp³-hybridized carbons (Fsp3) is 0.933. The van der Waals surface area contributed by atoms with E-state index in [9.17, 15) is 0 Å². The molecule has 0 heterocycles. The van der Waals surface area contributed by atoms with E-state index in [1.807, 2.05) is 0 Å². The average Bonchev–Trinajstić information content (AvgIpc) is 2.76. The largest absolute Gasteiger partial charge is 0.103 e. The Bertz CT molecular complexity index is 305. The number of unbranched alkanes of at least 4 members (excludes halogenated alkanes) is 19. The van der Waals surface area contributed by atoms with Gasteiger partial charge >= 0.3 is 0 Å². The Hall–Kier alpha value is -0.260. The molecule has 0 aliphatic heterocycles. The van der Waals surface area contributed by atoms with E-state index in [-0.39, 0.29) is 0 Å². The molecular formula is C30H60. The molecule has 30 heavy (non-hydrogen) atoms. The Morgan fingerprint density at radius 1 is 0.433 bits per heavy atom. The molecule has 0 fully saturated rings. The molecule has 0 saturated carbocycles. The minimum atomic E-state index is 1.03. The van der Waals surface area contributed by atoms with Crippen LogP contribution in [-0.4, -0.2) is 0 Å². The first-order chi connectivity index (χ1) is 14.8. The van der Waals surface area contributed by atoms with Crippen LogP contribution in [0.1, 0.15) is 174 Å². The normalized spacial score (nSPS) is 12.3. The molecule has 0 aromatic carbocycles. The van der Waals surface area contributed by atoms with E-state index in [4.69, 9.17) is 0 Å². The number of rotatable bonds is 26. The minimum absolute atomic E-state index is 1.03. The molecule has 0 rings (SSSR count). The molecule has 0 radical (unpaired) electrons. The zero-order chi connectivity index (χ0) is 22.0. The summed E-state index contributed by atoms with van der Waals surface area (Å²) in [6.45, 7) is 8.46. The summed E-state index contributed by atoms with van der Waals surface area (Å²) >= 11 is 0. The SMILES string of the molecule is C=CCCCCCCCCC(CCCCCCCC)CCCCCCCCCCC. The number of allylic oxidation sites excluding steroid dienone is 1. The topological polar surface area (TPSA) is 0 Å². The van der Waals surface area contributed by atoms with Gasteiger partial charge in [0.05, 0.1) is 0 Å². The quantitative estimate of drug-likeness (QED) is 0.0963. The molecule has 0 bridgehead atoms. The van der Waals surface area contributed by atoms with Gasteiger partial charge in [-0.3, -0.25) is 0 Å². The van der Waals surface area contributed by atoms with Crippen molar-refractivity contribution in [2.45, 2.75) is 174 Å². The van der Waals surface area contributed by atoms with Crippen molar-refractivity contribution in [2.75, 3.05) is 0 Å². The molecule has 1 unspecified atom stereocenters. The molecule has 0 nitrogen and oxygen atoms in total. The third-order valence-corrected chi connectivity index (χ3v) is 6.95. The van der Waals surface area contributed by atoms with Crippen molar-refractivity contribution in [3.05, 3.63) is 12.7 Å². The lowest BCUT2D eigenvalue weighted by Gasteiger charge is -2.17. The predicted molar refractivity (Wildman–Crippen MR) is 140 cm³/mol. The Kier molecular flexibility index (Phi) is 26.5. The Balaban J connectivity index is 3.80. The molecule has 0 N–H and O–H groups in total. The van der Waals surface area contributed by atoms with Crippen LogP contribution in [0.3, 0.4) is 0 Å². The molecule has 0 aliphatic rings. The maximum Gasteiger partial charge on any atom is -0.0353 e. The van der Waals surface area contributed by atoms with Crippen LogP contribution >= 0.6 is 0 Å². The second-order valence-corrected chi connectivity index (χ2v) is 10.0. The molecule has 0 aliphatic carbocycles. The van der Waals surface area contributed by atoms with Crippen LogP contribution in [0.15, 0.2) is 12.7 Å². The summed E-state index contributed by atoms with van der Waals surface area (Å²) in [7, 11) is 0. The molecule has 0 amide bonds. The lowest BCUT2D eigenvalue weighted by atomic mass is 9.89. The van der Waals surface area contributed by atoms with Gasteiger partial charge in [0.1, 0.15) is 0 Å². The molecular weight excluding hydrogens is 360 g/mol. The highest BCUT2D eigenvalue weighted by atomic mass is 14.1. The highest BCUT2D eigenvalue weighted by molar-refractivity contribution is 4.65. The van der Waals surface area contributed by atoms with Gasteiger partial charge in [0.25, 0.3) is 0 Å². The first kappa shape index (κ1) is 29.7. The maximum absolute atomic E-state index is 3.83. The van der Waals surface area contributed by atoms with E-state index < -0.39 is 0 Å². The minimum Gasteiger partial charge on any atom is -0.103 e. The van der Waals surface area contributed by atoms with Gasteiger partial charge in [0, 0.05) is 0 Å². The second kappa shape index (κ2) is 26.8. The Labute approximate surface area is 193 Å². The number of hydrogen-bond donors (Lipinski definition) is 0. The van der Waals surface area contributed by atoms with Gasteiger partial charge in [-0.05, 0) is 18.8 Å². The summed E-state index contributed by atoms with van der Waals surface area (Å²) < 4.78 is 0. The third-order valence-electron chi connectivity index (χ3n) is 6.95. The lowest BCUT2D eigenvalue weighted by Crippen LogP contribution is -2.01. The van der Waals surface area contributed by atoms with Crippen LogP contribution in [0.4, 0.5) is 0 Å². The Morgan fingerprint density at radius 3 is 1.07 bits per heavy atom. The molecule has 0 spiro atoms. The smallest absolute Gasteiger partial charge is 0.0353 e. The molecule has 0 aromatic heterocycles. The first-order valence-electron chi connectivity index (χ1n) is 14.5. The van der Waals surface area contributed by atoms with E-state index in [0.717, 1.165) is 5.92 Å². The van der Waals surface area contributed by atoms with Gasteiger partial charge in [-0.2, -0.15) is 0 Å². The van der Waals surface area contributed by atoms with Gasteiger partial charge in [0.2, 0.25) is 0 Å². The van der Waals surface area contributed by atoms with Crippen molar-refractivity contribution in [3.8, 4) is 0 Å². The molecule has 0 aromatic rings. The zero-order valence-electron chi connectivity index (χ0n) is 21.5. The van der Waals surface area contributed by atoms with E-state index in [0.29, 0.717) is 0 Å². The van der Waals surface area contributed by atoms with Crippen molar-refractivity contribution >= 4 is 0 Å². The Morgan fingerprint density at radius 2 is 0.733 bits per heavy atom.